The molecule has 1 unspecified atom stereocenters. The summed E-state index contributed by atoms with van der Waals surface area (Å²) in [5.74, 6) is -0.455. The summed E-state index contributed by atoms with van der Waals surface area (Å²) in [7, 11) is 0. The number of amides is 1. The van der Waals surface area contributed by atoms with E-state index in [0.29, 0.717) is 17.9 Å². The Kier molecular flexibility index (Phi) is 6.19. The van der Waals surface area contributed by atoms with Gasteiger partial charge in [-0.2, -0.15) is 18.3 Å². The van der Waals surface area contributed by atoms with E-state index in [0.717, 1.165) is 23.4 Å². The fourth-order valence-corrected chi connectivity index (χ4v) is 3.77. The van der Waals surface area contributed by atoms with Gasteiger partial charge in [-0.25, -0.2) is 0 Å². The second-order valence-electron chi connectivity index (χ2n) is 7.37. The molecule has 0 bridgehead atoms. The van der Waals surface area contributed by atoms with Gasteiger partial charge in [0.1, 0.15) is 5.71 Å². The molecular weight excluding hydrogens is 439 g/mol. The Hall–Kier alpha value is -3.32. The van der Waals surface area contributed by atoms with Gasteiger partial charge in [0.05, 0.1) is 17.3 Å². The number of benzene rings is 3. The predicted octanol–water partition coefficient (Wildman–Crippen LogP) is 6.70. The van der Waals surface area contributed by atoms with Crippen molar-refractivity contribution in [1.82, 2.24) is 0 Å². The van der Waals surface area contributed by atoms with Gasteiger partial charge in [-0.15, -0.1) is 0 Å². The van der Waals surface area contributed by atoms with Crippen molar-refractivity contribution in [2.24, 2.45) is 5.10 Å². The molecule has 4 nitrogen and oxygen atoms in total. The molecule has 1 aliphatic heterocycles. The molecule has 1 amide bonds. The highest BCUT2D eigenvalue weighted by atomic mass is 35.5. The van der Waals surface area contributed by atoms with E-state index in [-0.39, 0.29) is 17.4 Å². The molecular formula is C24H19ClF3N3O. The summed E-state index contributed by atoms with van der Waals surface area (Å²) in [6.45, 7) is 0. The number of alkyl halides is 3. The van der Waals surface area contributed by atoms with Crippen molar-refractivity contribution in [3.8, 4) is 0 Å². The number of carbonyl (C=O) groups excluding carboxylic acids is 1. The monoisotopic (exact) mass is 457 g/mol. The van der Waals surface area contributed by atoms with Crippen LogP contribution in [0.1, 0.15) is 30.0 Å². The summed E-state index contributed by atoms with van der Waals surface area (Å²) >= 11 is 6.17. The van der Waals surface area contributed by atoms with Gasteiger partial charge < -0.3 is 5.32 Å². The van der Waals surface area contributed by atoms with Crippen LogP contribution in [-0.4, -0.2) is 11.6 Å². The Bertz CT molecular complexity index is 1130. The topological polar surface area (TPSA) is 44.7 Å². The number of rotatable bonds is 4. The maximum Gasteiger partial charge on any atom is 0.416 e. The van der Waals surface area contributed by atoms with Crippen LogP contribution >= 0.6 is 11.6 Å². The molecule has 8 heteroatoms. The number of hydrogen-bond donors (Lipinski definition) is 1. The molecule has 4 rings (SSSR count). The Morgan fingerprint density at radius 1 is 1.00 bits per heavy atom. The Balaban J connectivity index is 1.60. The minimum Gasteiger partial charge on any atom is -0.321 e. The largest absolute Gasteiger partial charge is 0.416 e. The van der Waals surface area contributed by atoms with Gasteiger partial charge in [-0.1, -0.05) is 48.0 Å². The summed E-state index contributed by atoms with van der Waals surface area (Å²) in [5, 5.41) is 9.56. The molecule has 0 radical (unpaired) electrons. The molecule has 1 aliphatic rings. The molecule has 0 spiro atoms. The van der Waals surface area contributed by atoms with E-state index in [1.807, 2.05) is 42.5 Å². The van der Waals surface area contributed by atoms with Crippen molar-refractivity contribution in [2.75, 3.05) is 10.3 Å². The van der Waals surface area contributed by atoms with Crippen molar-refractivity contribution in [1.29, 1.82) is 0 Å². The minimum atomic E-state index is -4.43. The number of hydrogen-bond acceptors (Lipinski definition) is 3. The van der Waals surface area contributed by atoms with Crippen molar-refractivity contribution >= 4 is 34.6 Å². The number of hydrazone groups is 1. The van der Waals surface area contributed by atoms with Gasteiger partial charge in [0.25, 0.3) is 5.91 Å². The fourth-order valence-electron chi connectivity index (χ4n) is 3.59. The zero-order valence-electron chi connectivity index (χ0n) is 16.8. The van der Waals surface area contributed by atoms with Crippen molar-refractivity contribution in [3.63, 3.8) is 0 Å². The number of halogens is 4. The first-order valence-corrected chi connectivity index (χ1v) is 10.3. The van der Waals surface area contributed by atoms with Gasteiger partial charge in [-0.05, 0) is 60.9 Å². The smallest absolute Gasteiger partial charge is 0.321 e. The lowest BCUT2D eigenvalue weighted by Crippen LogP contribution is -2.35. The van der Waals surface area contributed by atoms with Gasteiger partial charge >= 0.3 is 6.18 Å². The molecule has 164 valence electrons. The van der Waals surface area contributed by atoms with Crippen LogP contribution in [-0.2, 0) is 11.0 Å². The summed E-state index contributed by atoms with van der Waals surface area (Å²) in [4.78, 5) is 12.8. The lowest BCUT2D eigenvalue weighted by atomic mass is 9.97. The lowest BCUT2D eigenvalue weighted by Gasteiger charge is -2.34. The quantitative estimate of drug-likeness (QED) is 0.474. The zero-order chi connectivity index (χ0) is 22.7. The van der Waals surface area contributed by atoms with Gasteiger partial charge in [0, 0.05) is 10.7 Å². The van der Waals surface area contributed by atoms with Gasteiger partial charge in [0.2, 0.25) is 0 Å². The third kappa shape index (κ3) is 4.94. The van der Waals surface area contributed by atoms with E-state index in [2.05, 4.69) is 10.4 Å². The highest BCUT2D eigenvalue weighted by Crippen LogP contribution is 2.35. The van der Waals surface area contributed by atoms with Gasteiger partial charge in [0.15, 0.2) is 0 Å². The van der Waals surface area contributed by atoms with Crippen molar-refractivity contribution < 1.29 is 18.0 Å². The minimum absolute atomic E-state index is 0.0858. The van der Waals surface area contributed by atoms with E-state index in [1.54, 1.807) is 17.1 Å². The molecule has 1 heterocycles. The number of carbonyl (C=O) groups is 1. The van der Waals surface area contributed by atoms with Crippen LogP contribution in [0.2, 0.25) is 5.02 Å². The summed E-state index contributed by atoms with van der Waals surface area (Å²) in [6.07, 6.45) is -3.38. The molecule has 0 aromatic heterocycles. The highest BCUT2D eigenvalue weighted by molar-refractivity contribution is 6.43. The Morgan fingerprint density at radius 2 is 1.72 bits per heavy atom. The van der Waals surface area contributed by atoms with Crippen LogP contribution in [0.25, 0.3) is 0 Å². The van der Waals surface area contributed by atoms with Crippen LogP contribution < -0.4 is 10.3 Å². The molecule has 1 N–H and O–H groups in total. The highest BCUT2D eigenvalue weighted by Gasteiger charge is 2.31. The first kappa shape index (κ1) is 21.9. The summed E-state index contributed by atoms with van der Waals surface area (Å²) in [6, 6.07) is 21.3. The number of anilines is 2. The first-order chi connectivity index (χ1) is 15.3. The normalized spacial score (nSPS) is 16.4. The van der Waals surface area contributed by atoms with Gasteiger partial charge in [-0.3, -0.25) is 9.80 Å². The molecule has 0 saturated heterocycles. The van der Waals surface area contributed by atoms with Crippen LogP contribution in [0.15, 0.2) is 84.0 Å². The average Bonchev–Trinajstić information content (AvgIpc) is 2.79. The molecule has 32 heavy (non-hydrogen) atoms. The summed E-state index contributed by atoms with van der Waals surface area (Å²) < 4.78 is 38.3. The first-order valence-electron chi connectivity index (χ1n) is 9.97. The molecule has 0 saturated carbocycles. The molecule has 0 fully saturated rings. The van der Waals surface area contributed by atoms with Crippen LogP contribution in [0.3, 0.4) is 0 Å². The summed E-state index contributed by atoms with van der Waals surface area (Å²) in [5.41, 5.74) is 1.58. The second kappa shape index (κ2) is 9.04. The van der Waals surface area contributed by atoms with E-state index in [1.165, 1.54) is 12.1 Å². The van der Waals surface area contributed by atoms with Crippen molar-refractivity contribution in [3.05, 3.63) is 95.0 Å². The number of nitrogens with zero attached hydrogens (tertiary/aromatic N) is 2. The van der Waals surface area contributed by atoms with Crippen LogP contribution in [0, 0.1) is 0 Å². The Labute approximate surface area is 188 Å². The lowest BCUT2D eigenvalue weighted by molar-refractivity contribution is -0.137. The Morgan fingerprint density at radius 3 is 2.38 bits per heavy atom. The SMILES string of the molecule is O=C(Nc1ccc(C(F)(F)F)cc1)C1=NN(c2cccc(Cl)c2)C(c2ccccc2)CC1. The van der Waals surface area contributed by atoms with Crippen LogP contribution in [0.4, 0.5) is 24.5 Å². The van der Waals surface area contributed by atoms with Crippen LogP contribution in [0.5, 0.6) is 0 Å². The standard InChI is InChI=1S/C24H19ClF3N3O/c25-18-7-4-8-20(15-18)31-22(16-5-2-1-3-6-16)14-13-21(30-31)23(32)29-19-11-9-17(10-12-19)24(26,27)28/h1-12,15,22H,13-14H2,(H,29,32). The third-order valence-electron chi connectivity index (χ3n) is 5.17. The zero-order valence-corrected chi connectivity index (χ0v) is 17.6. The molecule has 1 atom stereocenters. The third-order valence-corrected chi connectivity index (χ3v) is 5.40. The predicted molar refractivity (Wildman–Crippen MR) is 120 cm³/mol. The maximum absolute atomic E-state index is 12.8. The number of nitrogens with one attached hydrogen (secondary N) is 1. The van der Waals surface area contributed by atoms with E-state index in [9.17, 15) is 18.0 Å². The average molecular weight is 458 g/mol. The maximum atomic E-state index is 12.8. The fraction of sp³-hybridized carbons (Fsp3) is 0.167. The van der Waals surface area contributed by atoms with E-state index >= 15 is 0 Å². The molecule has 0 aliphatic carbocycles. The van der Waals surface area contributed by atoms with E-state index < -0.39 is 17.6 Å². The van der Waals surface area contributed by atoms with E-state index in [4.69, 9.17) is 11.6 Å². The van der Waals surface area contributed by atoms with Crippen molar-refractivity contribution in [2.45, 2.75) is 25.1 Å². The second-order valence-corrected chi connectivity index (χ2v) is 7.80. The molecule has 3 aromatic rings. The molecule has 3 aromatic carbocycles.